The molecule has 0 aromatic heterocycles. The summed E-state index contributed by atoms with van der Waals surface area (Å²) in [5.41, 5.74) is 1.51. The number of fused-ring (bicyclic) bond motifs is 3. The van der Waals surface area contributed by atoms with Crippen LogP contribution in [0.2, 0.25) is 0 Å². The third-order valence-corrected chi connectivity index (χ3v) is 7.00. The van der Waals surface area contributed by atoms with Crippen molar-refractivity contribution in [2.24, 2.45) is 11.8 Å². The maximum atomic E-state index is 13.3. The first-order valence-corrected chi connectivity index (χ1v) is 11.8. The van der Waals surface area contributed by atoms with Gasteiger partial charge in [-0.1, -0.05) is 18.2 Å². The van der Waals surface area contributed by atoms with Crippen LogP contribution in [0.15, 0.2) is 60.6 Å². The van der Waals surface area contributed by atoms with Crippen molar-refractivity contribution in [1.82, 2.24) is 4.90 Å². The van der Waals surface area contributed by atoms with Crippen LogP contribution in [0, 0.1) is 11.8 Å². The molecule has 2 heterocycles. The fraction of sp³-hybridized carbons (Fsp3) is 0.407. The van der Waals surface area contributed by atoms with Gasteiger partial charge in [-0.2, -0.15) is 0 Å². The number of ketones is 1. The molecule has 2 aromatic carbocycles. The average Bonchev–Trinajstić information content (AvgIpc) is 2.90. The van der Waals surface area contributed by atoms with Crippen molar-refractivity contribution >= 4 is 11.8 Å². The van der Waals surface area contributed by atoms with Gasteiger partial charge in [-0.25, -0.2) is 4.79 Å². The number of carbonyl (C=O) groups is 2. The van der Waals surface area contributed by atoms with Gasteiger partial charge < -0.3 is 23.7 Å². The zero-order chi connectivity index (χ0) is 24.4. The number of para-hydroxylation sites is 1. The number of hydrogen-bond acceptors (Lipinski definition) is 8. The molecule has 4 unspecified atom stereocenters. The van der Waals surface area contributed by atoms with Gasteiger partial charge in [0.2, 0.25) is 11.5 Å². The van der Waals surface area contributed by atoms with Crippen molar-refractivity contribution < 1.29 is 33.3 Å². The highest BCUT2D eigenvalue weighted by Crippen LogP contribution is 2.41. The van der Waals surface area contributed by atoms with Crippen LogP contribution in [0.25, 0.3) is 0 Å². The third-order valence-electron chi connectivity index (χ3n) is 7.00. The van der Waals surface area contributed by atoms with Crippen LogP contribution in [0.4, 0.5) is 0 Å². The van der Waals surface area contributed by atoms with E-state index in [1.165, 1.54) is 13.4 Å². The van der Waals surface area contributed by atoms with Gasteiger partial charge in [0.25, 0.3) is 0 Å². The fourth-order valence-corrected chi connectivity index (χ4v) is 5.23. The Kier molecular flexibility index (Phi) is 6.74. The molecular formula is C27H29NO7. The molecule has 8 nitrogen and oxygen atoms in total. The molecule has 4 atom stereocenters. The second-order valence-electron chi connectivity index (χ2n) is 9.07. The fourth-order valence-electron chi connectivity index (χ4n) is 5.23. The highest BCUT2D eigenvalue weighted by molar-refractivity contribution is 5.96. The van der Waals surface area contributed by atoms with Crippen LogP contribution in [0.5, 0.6) is 11.5 Å². The molecule has 2 aliphatic heterocycles. The van der Waals surface area contributed by atoms with E-state index in [1.54, 1.807) is 31.4 Å². The Labute approximate surface area is 204 Å². The summed E-state index contributed by atoms with van der Waals surface area (Å²) >= 11 is 0. The summed E-state index contributed by atoms with van der Waals surface area (Å²) in [6.07, 6.45) is 2.75. The predicted molar refractivity (Wildman–Crippen MR) is 126 cm³/mol. The predicted octanol–water partition coefficient (Wildman–Crippen LogP) is 3.55. The number of benzene rings is 2. The van der Waals surface area contributed by atoms with E-state index < -0.39 is 5.97 Å². The molecule has 0 amide bonds. The van der Waals surface area contributed by atoms with Gasteiger partial charge in [-0.3, -0.25) is 9.69 Å². The minimum Gasteiger partial charge on any atom is -0.496 e. The van der Waals surface area contributed by atoms with Crippen LogP contribution < -0.4 is 9.47 Å². The maximum Gasteiger partial charge on any atom is 0.337 e. The third kappa shape index (κ3) is 4.76. The van der Waals surface area contributed by atoms with E-state index in [0.717, 1.165) is 24.3 Å². The normalized spacial score (nSPS) is 26.0. The summed E-state index contributed by atoms with van der Waals surface area (Å²) in [7, 11) is 3.00. The molecule has 1 saturated carbocycles. The van der Waals surface area contributed by atoms with E-state index in [4.69, 9.17) is 23.7 Å². The summed E-state index contributed by atoms with van der Waals surface area (Å²) in [6, 6.07) is 14.4. The standard InChI is InChI=1S/C27H29NO7/c1-31-22-6-4-3-5-18(22)13-28-14-21-23(34-16-28)12-11-20-25(29)24(15-33-26(20)21)35-19-9-7-17(8-10-19)27(30)32-2/h3-10,15,20-21,23,26H,11-14,16H2,1-2H3. The summed E-state index contributed by atoms with van der Waals surface area (Å²) < 4.78 is 28.3. The number of rotatable bonds is 6. The Balaban J connectivity index is 1.27. The highest BCUT2D eigenvalue weighted by atomic mass is 16.5. The Morgan fingerprint density at radius 2 is 1.89 bits per heavy atom. The lowest BCUT2D eigenvalue weighted by Gasteiger charge is -2.48. The lowest BCUT2D eigenvalue weighted by molar-refractivity contribution is -0.175. The first-order valence-electron chi connectivity index (χ1n) is 11.8. The zero-order valence-corrected chi connectivity index (χ0v) is 19.8. The van der Waals surface area contributed by atoms with Gasteiger partial charge in [-0.05, 0) is 43.2 Å². The lowest BCUT2D eigenvalue weighted by Crippen LogP contribution is -2.56. The number of allylic oxidation sites excluding steroid dienone is 1. The molecule has 5 rings (SSSR count). The lowest BCUT2D eigenvalue weighted by atomic mass is 9.73. The Morgan fingerprint density at radius 3 is 2.66 bits per heavy atom. The first kappa shape index (κ1) is 23.4. The number of ether oxygens (including phenoxy) is 5. The maximum absolute atomic E-state index is 13.3. The van der Waals surface area contributed by atoms with E-state index in [-0.39, 0.29) is 35.6 Å². The second-order valence-corrected chi connectivity index (χ2v) is 9.07. The van der Waals surface area contributed by atoms with Crippen molar-refractivity contribution in [3.05, 3.63) is 71.7 Å². The van der Waals surface area contributed by atoms with Crippen molar-refractivity contribution in [3.63, 3.8) is 0 Å². The molecule has 1 aliphatic carbocycles. The zero-order valence-electron chi connectivity index (χ0n) is 19.8. The summed E-state index contributed by atoms with van der Waals surface area (Å²) in [4.78, 5) is 27.2. The quantitative estimate of drug-likeness (QED) is 0.582. The smallest absolute Gasteiger partial charge is 0.337 e. The van der Waals surface area contributed by atoms with Gasteiger partial charge in [0.05, 0.1) is 38.5 Å². The Hall–Kier alpha value is -3.36. The van der Waals surface area contributed by atoms with E-state index in [9.17, 15) is 9.59 Å². The van der Waals surface area contributed by atoms with E-state index in [1.807, 2.05) is 18.2 Å². The van der Waals surface area contributed by atoms with Crippen molar-refractivity contribution in [3.8, 4) is 11.5 Å². The van der Waals surface area contributed by atoms with E-state index in [0.29, 0.717) is 31.0 Å². The highest BCUT2D eigenvalue weighted by Gasteiger charge is 2.49. The van der Waals surface area contributed by atoms with Gasteiger partial charge in [0.1, 0.15) is 23.9 Å². The molecule has 0 bridgehead atoms. The number of nitrogens with zero attached hydrogens (tertiary/aromatic N) is 1. The SMILES string of the molecule is COC(=O)c1ccc(OC2=COC3C(CCC4OCN(Cc5ccccc5OC)CC43)C2=O)cc1. The molecule has 0 spiro atoms. The molecule has 2 aromatic rings. The summed E-state index contributed by atoms with van der Waals surface area (Å²) in [5.74, 6) is 0.805. The number of carbonyl (C=O) groups excluding carboxylic acids is 2. The number of hydrogen-bond donors (Lipinski definition) is 0. The van der Waals surface area contributed by atoms with Gasteiger partial charge in [0, 0.05) is 24.6 Å². The number of methoxy groups -OCH3 is 2. The largest absolute Gasteiger partial charge is 0.496 e. The van der Waals surface area contributed by atoms with E-state index >= 15 is 0 Å². The van der Waals surface area contributed by atoms with Crippen LogP contribution >= 0.6 is 0 Å². The summed E-state index contributed by atoms with van der Waals surface area (Å²) in [6.45, 7) is 2.01. The van der Waals surface area contributed by atoms with Crippen molar-refractivity contribution in [2.45, 2.75) is 31.6 Å². The molecule has 2 fully saturated rings. The average molecular weight is 480 g/mol. The van der Waals surface area contributed by atoms with Crippen LogP contribution in [-0.4, -0.2) is 56.4 Å². The molecule has 0 radical (unpaired) electrons. The first-order chi connectivity index (χ1) is 17.1. The summed E-state index contributed by atoms with van der Waals surface area (Å²) in [5, 5.41) is 0. The Morgan fingerprint density at radius 1 is 1.09 bits per heavy atom. The molecule has 35 heavy (non-hydrogen) atoms. The van der Waals surface area contributed by atoms with Gasteiger partial charge in [0.15, 0.2) is 0 Å². The molecule has 1 saturated heterocycles. The molecule has 8 heteroatoms. The number of Topliss-reactive ketones (excluding diaryl/α,β-unsaturated/α-hetero) is 1. The van der Waals surface area contributed by atoms with Crippen molar-refractivity contribution in [1.29, 1.82) is 0 Å². The second kappa shape index (κ2) is 10.1. The van der Waals surface area contributed by atoms with E-state index in [2.05, 4.69) is 11.0 Å². The van der Waals surface area contributed by atoms with Gasteiger partial charge >= 0.3 is 5.97 Å². The molecule has 0 N–H and O–H groups in total. The van der Waals surface area contributed by atoms with Crippen LogP contribution in [0.3, 0.4) is 0 Å². The van der Waals surface area contributed by atoms with Crippen LogP contribution in [0.1, 0.15) is 28.8 Å². The monoisotopic (exact) mass is 479 g/mol. The molecular weight excluding hydrogens is 450 g/mol. The van der Waals surface area contributed by atoms with Crippen molar-refractivity contribution in [2.75, 3.05) is 27.5 Å². The number of esters is 1. The topological polar surface area (TPSA) is 83.5 Å². The minimum absolute atomic E-state index is 0.0569. The van der Waals surface area contributed by atoms with Crippen LogP contribution in [-0.2, 0) is 25.5 Å². The minimum atomic E-state index is -0.429. The van der Waals surface area contributed by atoms with Gasteiger partial charge in [-0.15, -0.1) is 0 Å². The Bertz CT molecular complexity index is 1110. The molecule has 3 aliphatic rings. The molecule has 184 valence electrons.